The lowest BCUT2D eigenvalue weighted by Gasteiger charge is -2.12. The first-order valence-electron chi connectivity index (χ1n) is 7.94. The summed E-state index contributed by atoms with van der Waals surface area (Å²) in [7, 11) is 0. The van der Waals surface area contributed by atoms with Gasteiger partial charge in [-0.05, 0) is 17.2 Å². The second-order valence-electron chi connectivity index (χ2n) is 5.79. The van der Waals surface area contributed by atoms with Crippen LogP contribution in [0.2, 0.25) is 0 Å². The molecule has 5 nitrogen and oxygen atoms in total. The molecule has 3 rings (SSSR count). The predicted octanol–water partition coefficient (Wildman–Crippen LogP) is 4.55. The van der Waals surface area contributed by atoms with Crippen LogP contribution in [0.15, 0.2) is 60.8 Å². The van der Waals surface area contributed by atoms with Crippen molar-refractivity contribution in [2.45, 2.75) is 17.9 Å². The SMILES string of the molecule is CC(=O)n1cc(C(C[N+](=O)[O-])SCc2ccccc2)c2ccccc21. The summed E-state index contributed by atoms with van der Waals surface area (Å²) in [5.74, 6) is 0.578. The highest BCUT2D eigenvalue weighted by molar-refractivity contribution is 7.98. The van der Waals surface area contributed by atoms with E-state index in [0.29, 0.717) is 5.75 Å². The smallest absolute Gasteiger partial charge is 0.227 e. The number of hydrogen-bond donors (Lipinski definition) is 0. The number of nitro groups is 1. The van der Waals surface area contributed by atoms with Gasteiger partial charge in [-0.15, -0.1) is 11.8 Å². The number of rotatable bonds is 6. The van der Waals surface area contributed by atoms with Crippen molar-refractivity contribution in [3.8, 4) is 0 Å². The van der Waals surface area contributed by atoms with Crippen molar-refractivity contribution in [1.82, 2.24) is 4.57 Å². The van der Waals surface area contributed by atoms with Crippen LogP contribution in [0.3, 0.4) is 0 Å². The molecule has 0 aliphatic rings. The maximum atomic E-state index is 11.9. The minimum Gasteiger partial charge on any atom is -0.287 e. The van der Waals surface area contributed by atoms with Gasteiger partial charge in [-0.1, -0.05) is 48.5 Å². The molecule has 0 N–H and O–H groups in total. The molecule has 0 spiro atoms. The normalized spacial score (nSPS) is 12.2. The van der Waals surface area contributed by atoms with Crippen LogP contribution in [0.5, 0.6) is 0 Å². The predicted molar refractivity (Wildman–Crippen MR) is 101 cm³/mol. The van der Waals surface area contributed by atoms with Crippen LogP contribution in [0.4, 0.5) is 0 Å². The Balaban J connectivity index is 1.97. The molecule has 1 heterocycles. The minimum atomic E-state index is -0.319. The van der Waals surface area contributed by atoms with Crippen molar-refractivity contribution < 1.29 is 9.72 Å². The fourth-order valence-electron chi connectivity index (χ4n) is 2.87. The summed E-state index contributed by atoms with van der Waals surface area (Å²) in [5, 5.41) is 11.8. The zero-order chi connectivity index (χ0) is 17.8. The quantitative estimate of drug-likeness (QED) is 0.481. The third kappa shape index (κ3) is 3.91. The van der Waals surface area contributed by atoms with Gasteiger partial charge in [0.15, 0.2) is 0 Å². The summed E-state index contributed by atoms with van der Waals surface area (Å²) < 4.78 is 1.57. The van der Waals surface area contributed by atoms with E-state index in [1.807, 2.05) is 54.6 Å². The second-order valence-corrected chi connectivity index (χ2v) is 6.98. The molecule has 0 aliphatic heterocycles. The lowest BCUT2D eigenvalue weighted by Crippen LogP contribution is -2.10. The molecule has 0 aliphatic carbocycles. The molecule has 0 fully saturated rings. The maximum Gasteiger partial charge on any atom is 0.227 e. The van der Waals surface area contributed by atoms with Crippen LogP contribution in [-0.4, -0.2) is 21.9 Å². The summed E-state index contributed by atoms with van der Waals surface area (Å²) in [5.41, 5.74) is 2.75. The number of nitrogens with zero attached hydrogens (tertiary/aromatic N) is 2. The number of hydrogen-bond acceptors (Lipinski definition) is 4. The molecule has 0 saturated carbocycles. The van der Waals surface area contributed by atoms with E-state index in [1.54, 1.807) is 10.8 Å². The summed E-state index contributed by atoms with van der Waals surface area (Å²) in [4.78, 5) is 22.8. The van der Waals surface area contributed by atoms with E-state index in [2.05, 4.69) is 0 Å². The summed E-state index contributed by atoms with van der Waals surface area (Å²) in [6.07, 6.45) is 1.75. The number of carbonyl (C=O) groups excluding carboxylic acids is 1. The highest BCUT2D eigenvalue weighted by atomic mass is 32.2. The third-order valence-electron chi connectivity index (χ3n) is 4.04. The van der Waals surface area contributed by atoms with Crippen molar-refractivity contribution in [3.63, 3.8) is 0 Å². The Kier molecular flexibility index (Phi) is 5.19. The van der Waals surface area contributed by atoms with E-state index in [1.165, 1.54) is 18.7 Å². The van der Waals surface area contributed by atoms with E-state index in [9.17, 15) is 14.9 Å². The van der Waals surface area contributed by atoms with Gasteiger partial charge in [0.05, 0.1) is 10.8 Å². The highest BCUT2D eigenvalue weighted by Gasteiger charge is 2.24. The number of benzene rings is 2. The van der Waals surface area contributed by atoms with E-state index in [0.717, 1.165) is 22.0 Å². The van der Waals surface area contributed by atoms with Gasteiger partial charge in [0, 0.05) is 29.2 Å². The van der Waals surface area contributed by atoms with E-state index in [-0.39, 0.29) is 22.6 Å². The van der Waals surface area contributed by atoms with Gasteiger partial charge >= 0.3 is 0 Å². The van der Waals surface area contributed by atoms with Gasteiger partial charge in [-0.25, -0.2) is 0 Å². The fourth-order valence-corrected chi connectivity index (χ4v) is 4.05. The van der Waals surface area contributed by atoms with Crippen molar-refractivity contribution in [3.05, 3.63) is 82.0 Å². The topological polar surface area (TPSA) is 65.1 Å². The zero-order valence-electron chi connectivity index (χ0n) is 13.8. The molecule has 0 amide bonds. The van der Waals surface area contributed by atoms with Crippen LogP contribution in [0.25, 0.3) is 10.9 Å². The molecular formula is C19H18N2O3S. The van der Waals surface area contributed by atoms with Crippen LogP contribution in [0.1, 0.15) is 28.1 Å². The van der Waals surface area contributed by atoms with E-state index >= 15 is 0 Å². The van der Waals surface area contributed by atoms with Crippen LogP contribution >= 0.6 is 11.8 Å². The minimum absolute atomic E-state index is 0.102. The van der Waals surface area contributed by atoms with Crippen molar-refractivity contribution in [2.24, 2.45) is 0 Å². The van der Waals surface area contributed by atoms with Gasteiger partial charge in [-0.3, -0.25) is 19.5 Å². The summed E-state index contributed by atoms with van der Waals surface area (Å²) >= 11 is 1.53. The third-order valence-corrected chi connectivity index (χ3v) is 5.34. The van der Waals surface area contributed by atoms with Gasteiger partial charge in [0.25, 0.3) is 0 Å². The molecule has 128 valence electrons. The van der Waals surface area contributed by atoms with Crippen molar-refractivity contribution in [2.75, 3.05) is 6.54 Å². The molecule has 1 atom stereocenters. The monoisotopic (exact) mass is 354 g/mol. The number of para-hydroxylation sites is 1. The van der Waals surface area contributed by atoms with Crippen LogP contribution in [-0.2, 0) is 5.75 Å². The van der Waals surface area contributed by atoms with Gasteiger partial charge in [0.1, 0.15) is 0 Å². The second kappa shape index (κ2) is 7.53. The van der Waals surface area contributed by atoms with Crippen LogP contribution < -0.4 is 0 Å². The molecule has 0 bridgehead atoms. The Morgan fingerprint density at radius 2 is 1.84 bits per heavy atom. The van der Waals surface area contributed by atoms with Gasteiger partial charge in [-0.2, -0.15) is 0 Å². The summed E-state index contributed by atoms with van der Waals surface area (Å²) in [6.45, 7) is 1.32. The molecule has 3 aromatic rings. The Morgan fingerprint density at radius 3 is 2.52 bits per heavy atom. The lowest BCUT2D eigenvalue weighted by molar-refractivity contribution is -0.479. The highest BCUT2D eigenvalue weighted by Crippen LogP contribution is 2.37. The molecule has 25 heavy (non-hydrogen) atoms. The fraction of sp³-hybridized carbons (Fsp3) is 0.211. The number of aromatic nitrogens is 1. The molecule has 6 heteroatoms. The largest absolute Gasteiger partial charge is 0.287 e. The zero-order valence-corrected chi connectivity index (χ0v) is 14.6. The van der Waals surface area contributed by atoms with Crippen molar-refractivity contribution >= 4 is 28.6 Å². The Labute approximate surface area is 149 Å². The first-order valence-corrected chi connectivity index (χ1v) is 8.99. The number of carbonyl (C=O) groups is 1. The molecule has 0 saturated heterocycles. The first kappa shape index (κ1) is 17.2. The average Bonchev–Trinajstić information content (AvgIpc) is 2.99. The number of fused-ring (bicyclic) bond motifs is 1. The first-order chi connectivity index (χ1) is 12.1. The lowest BCUT2D eigenvalue weighted by atomic mass is 10.1. The standard InChI is InChI=1S/C19H18N2O3S/c1-14(22)20-11-17(16-9-5-6-10-18(16)20)19(12-21(23)24)25-13-15-7-3-2-4-8-15/h2-11,19H,12-13H2,1H3. The molecule has 2 aromatic carbocycles. The molecule has 1 aromatic heterocycles. The van der Waals surface area contributed by atoms with Crippen LogP contribution in [0, 0.1) is 10.1 Å². The number of thioether (sulfide) groups is 1. The van der Waals surface area contributed by atoms with Crippen molar-refractivity contribution in [1.29, 1.82) is 0 Å². The summed E-state index contributed by atoms with van der Waals surface area (Å²) in [6, 6.07) is 17.4. The molecular weight excluding hydrogens is 336 g/mol. The molecule has 1 unspecified atom stereocenters. The van der Waals surface area contributed by atoms with Gasteiger partial charge < -0.3 is 0 Å². The maximum absolute atomic E-state index is 11.9. The molecule has 0 radical (unpaired) electrons. The Morgan fingerprint density at radius 1 is 1.16 bits per heavy atom. The Bertz CT molecular complexity index is 905. The average molecular weight is 354 g/mol. The van der Waals surface area contributed by atoms with E-state index in [4.69, 9.17) is 0 Å². The van der Waals surface area contributed by atoms with Gasteiger partial charge in [0.2, 0.25) is 12.5 Å². The Hall–Kier alpha value is -2.60. The van der Waals surface area contributed by atoms with E-state index < -0.39 is 0 Å².